The Morgan fingerprint density at radius 3 is 2.88 bits per heavy atom. The van der Waals surface area contributed by atoms with Gasteiger partial charge in [0.25, 0.3) is 5.91 Å². The molecule has 2 aromatic rings. The second-order valence-corrected chi connectivity index (χ2v) is 7.94. The van der Waals surface area contributed by atoms with Gasteiger partial charge in [0.1, 0.15) is 11.4 Å². The Morgan fingerprint density at radius 1 is 1.36 bits per heavy atom. The van der Waals surface area contributed by atoms with E-state index in [2.05, 4.69) is 40.9 Å². The topological polar surface area (TPSA) is 172 Å². The number of hydrogen-bond donors (Lipinski definition) is 2. The molecule has 0 aliphatic carbocycles. The predicted molar refractivity (Wildman–Crippen MR) is 121 cm³/mol. The van der Waals surface area contributed by atoms with Crippen LogP contribution in [0, 0.1) is 5.92 Å². The van der Waals surface area contributed by atoms with E-state index in [4.69, 9.17) is 27.7 Å². The average molecular weight is 476 g/mol. The molecule has 1 aromatic heterocycles. The van der Waals surface area contributed by atoms with Crippen molar-refractivity contribution in [2.45, 2.75) is 25.8 Å². The molecule has 2 heterocycles. The molecule has 1 saturated heterocycles. The Morgan fingerprint density at radius 2 is 2.18 bits per heavy atom. The lowest BCUT2D eigenvalue weighted by Crippen LogP contribution is -2.39. The molecule has 1 aromatic carbocycles. The van der Waals surface area contributed by atoms with Crippen LogP contribution in [0.25, 0.3) is 10.4 Å². The number of nitrogens with two attached hydrogens (primary N) is 1. The molecular weight excluding hydrogens is 450 g/mol. The Hall–Kier alpha value is -3.41. The number of benzene rings is 1. The second kappa shape index (κ2) is 12.6. The van der Waals surface area contributed by atoms with Crippen LogP contribution in [-0.4, -0.2) is 58.7 Å². The maximum atomic E-state index is 12.8. The molecule has 0 bridgehead atoms. The molecule has 0 atom stereocenters. The van der Waals surface area contributed by atoms with Crippen molar-refractivity contribution in [2.75, 3.05) is 32.9 Å². The molecule has 0 unspecified atom stereocenters. The first-order valence-corrected chi connectivity index (χ1v) is 10.9. The standard InChI is InChI=1S/C19H26ClN11O2/c20-16-10-15(18(33-13-25-27-21)11-17(16)26-28-22)19(32)23-12-14-2-7-30(8-3-14)5-1-6-31-9-4-24-29-31/h4,9-11,14H,1-3,5-8,12-13H2,(H2,22,26)(H,23,32). The minimum atomic E-state index is -0.334. The van der Waals surface area contributed by atoms with Crippen molar-refractivity contribution in [1.82, 2.24) is 25.2 Å². The molecule has 3 rings (SSSR count). The van der Waals surface area contributed by atoms with Crippen molar-refractivity contribution in [1.29, 1.82) is 0 Å². The number of carbonyl (C=O) groups is 1. The summed E-state index contributed by atoms with van der Waals surface area (Å²) in [6.45, 7) is 4.10. The molecule has 0 spiro atoms. The smallest absolute Gasteiger partial charge is 0.255 e. The van der Waals surface area contributed by atoms with Crippen molar-refractivity contribution in [3.63, 3.8) is 0 Å². The number of likely N-dealkylation sites (tertiary alicyclic amines) is 1. The normalized spacial score (nSPS) is 14.8. The van der Waals surface area contributed by atoms with Gasteiger partial charge in [0.2, 0.25) is 0 Å². The lowest BCUT2D eigenvalue weighted by atomic mass is 9.96. The van der Waals surface area contributed by atoms with Crippen molar-refractivity contribution < 1.29 is 9.53 Å². The highest BCUT2D eigenvalue weighted by Gasteiger charge is 2.21. The number of azide groups is 1. The lowest BCUT2D eigenvalue weighted by Gasteiger charge is -2.32. The maximum absolute atomic E-state index is 12.8. The molecule has 0 saturated carbocycles. The number of halogens is 1. The van der Waals surface area contributed by atoms with Crippen LogP contribution in [0.3, 0.4) is 0 Å². The van der Waals surface area contributed by atoms with Crippen LogP contribution in [0.1, 0.15) is 29.6 Å². The number of rotatable bonds is 11. The van der Waals surface area contributed by atoms with E-state index in [1.54, 1.807) is 6.20 Å². The monoisotopic (exact) mass is 475 g/mol. The summed E-state index contributed by atoms with van der Waals surface area (Å²) >= 11 is 6.18. The fourth-order valence-electron chi connectivity index (χ4n) is 3.66. The maximum Gasteiger partial charge on any atom is 0.255 e. The lowest BCUT2D eigenvalue weighted by molar-refractivity contribution is 0.0932. The third-order valence-corrected chi connectivity index (χ3v) is 5.69. The number of nitrogens with one attached hydrogen (secondary N) is 1. The molecule has 1 aliphatic heterocycles. The molecule has 1 aliphatic rings. The Kier molecular flexibility index (Phi) is 9.24. The van der Waals surface area contributed by atoms with Gasteiger partial charge in [-0.25, -0.2) is 0 Å². The van der Waals surface area contributed by atoms with Crippen molar-refractivity contribution in [2.24, 2.45) is 27.2 Å². The van der Waals surface area contributed by atoms with Crippen LogP contribution in [0.4, 0.5) is 5.69 Å². The van der Waals surface area contributed by atoms with Crippen LogP contribution < -0.4 is 15.9 Å². The molecule has 13 nitrogen and oxygen atoms in total. The number of nitrogens with zero attached hydrogens (tertiary/aromatic N) is 9. The average Bonchev–Trinajstić information content (AvgIpc) is 3.34. The molecule has 14 heteroatoms. The van der Waals surface area contributed by atoms with E-state index in [9.17, 15) is 4.79 Å². The predicted octanol–water partition coefficient (Wildman–Crippen LogP) is 3.07. The van der Waals surface area contributed by atoms with Gasteiger partial charge < -0.3 is 20.8 Å². The van der Waals surface area contributed by atoms with Crippen molar-refractivity contribution >= 4 is 23.2 Å². The van der Waals surface area contributed by atoms with Crippen LogP contribution in [-0.2, 0) is 6.54 Å². The second-order valence-electron chi connectivity index (χ2n) is 7.53. The fraction of sp³-hybridized carbons (Fsp3) is 0.526. The van der Waals surface area contributed by atoms with Gasteiger partial charge in [-0.05, 0) is 56.4 Å². The van der Waals surface area contributed by atoms with Crippen LogP contribution in [0.15, 0.2) is 40.0 Å². The SMILES string of the molecule is [N-]=[N+]=NCOc1cc(N=NN)c(Cl)cc1C(=O)NCC1CCN(CCCn2ccnn2)CC1. The summed E-state index contributed by atoms with van der Waals surface area (Å²) in [6, 6.07) is 2.86. The van der Waals surface area contributed by atoms with E-state index in [-0.39, 0.29) is 34.7 Å². The Balaban J connectivity index is 1.49. The molecule has 33 heavy (non-hydrogen) atoms. The summed E-state index contributed by atoms with van der Waals surface area (Å²) in [6.07, 6.45) is 6.57. The molecular formula is C19H26ClN11O2. The summed E-state index contributed by atoms with van der Waals surface area (Å²) in [5, 5.41) is 21.2. The van der Waals surface area contributed by atoms with Crippen LogP contribution in [0.2, 0.25) is 5.02 Å². The number of aromatic nitrogens is 3. The molecule has 1 fully saturated rings. The summed E-state index contributed by atoms with van der Waals surface area (Å²) in [7, 11) is 0. The minimum absolute atomic E-state index is 0.175. The van der Waals surface area contributed by atoms with Gasteiger partial charge in [-0.1, -0.05) is 27.2 Å². The first kappa shape index (κ1) is 24.2. The van der Waals surface area contributed by atoms with Gasteiger partial charge in [0.15, 0.2) is 6.73 Å². The van der Waals surface area contributed by atoms with Gasteiger partial charge in [-0.2, -0.15) is 0 Å². The van der Waals surface area contributed by atoms with Crippen LogP contribution >= 0.6 is 11.6 Å². The van der Waals surface area contributed by atoms with E-state index in [0.29, 0.717) is 12.5 Å². The minimum Gasteiger partial charge on any atom is -0.487 e. The quantitative estimate of drug-likeness (QED) is 0.166. The molecule has 1 amide bonds. The third kappa shape index (κ3) is 7.31. The van der Waals surface area contributed by atoms with E-state index < -0.39 is 0 Å². The zero-order valence-electron chi connectivity index (χ0n) is 18.0. The number of aryl methyl sites for hydroxylation is 1. The summed E-state index contributed by atoms with van der Waals surface area (Å²) in [5.74, 6) is 5.32. The van der Waals surface area contributed by atoms with Gasteiger partial charge in [-0.3, -0.25) is 9.48 Å². The third-order valence-electron chi connectivity index (χ3n) is 5.39. The van der Waals surface area contributed by atoms with Gasteiger partial charge in [0, 0.05) is 30.3 Å². The first-order chi connectivity index (χ1) is 16.1. The zero-order chi connectivity index (χ0) is 23.5. The van der Waals surface area contributed by atoms with E-state index in [1.807, 2.05) is 10.9 Å². The molecule has 0 radical (unpaired) electrons. The van der Waals surface area contributed by atoms with E-state index in [1.165, 1.54) is 12.1 Å². The first-order valence-electron chi connectivity index (χ1n) is 10.5. The number of carbonyl (C=O) groups excluding carboxylic acids is 1. The Bertz CT molecular complexity index is 984. The number of hydrogen-bond acceptors (Lipinski definition) is 8. The van der Waals surface area contributed by atoms with Crippen molar-refractivity contribution in [3.8, 4) is 5.75 Å². The highest BCUT2D eigenvalue weighted by Crippen LogP contribution is 2.33. The Labute approximate surface area is 195 Å². The van der Waals surface area contributed by atoms with Crippen LogP contribution in [0.5, 0.6) is 5.75 Å². The molecule has 3 N–H and O–H groups in total. The molecule has 176 valence electrons. The summed E-state index contributed by atoms with van der Waals surface area (Å²) in [4.78, 5) is 17.9. The zero-order valence-corrected chi connectivity index (χ0v) is 18.8. The number of amides is 1. The summed E-state index contributed by atoms with van der Waals surface area (Å²) in [5.41, 5.74) is 8.92. The number of piperidine rings is 1. The highest BCUT2D eigenvalue weighted by atomic mass is 35.5. The summed E-state index contributed by atoms with van der Waals surface area (Å²) < 4.78 is 7.25. The van der Waals surface area contributed by atoms with E-state index >= 15 is 0 Å². The van der Waals surface area contributed by atoms with Gasteiger partial charge >= 0.3 is 0 Å². The highest BCUT2D eigenvalue weighted by molar-refractivity contribution is 6.33. The number of ether oxygens (including phenoxy) is 1. The van der Waals surface area contributed by atoms with Gasteiger partial charge in [-0.15, -0.1) is 10.2 Å². The van der Waals surface area contributed by atoms with Gasteiger partial charge in [0.05, 0.1) is 16.8 Å². The largest absolute Gasteiger partial charge is 0.487 e. The fourth-order valence-corrected chi connectivity index (χ4v) is 3.86. The van der Waals surface area contributed by atoms with Crippen molar-refractivity contribution in [3.05, 3.63) is 45.6 Å². The van der Waals surface area contributed by atoms with E-state index in [0.717, 1.165) is 45.4 Å².